The van der Waals surface area contributed by atoms with E-state index in [0.717, 1.165) is 75.7 Å². The SMILES string of the molecule is CC(C)(F)C(F)CCCS.COc1cc2c(cc1Oc1ccc(N3CCOCC3)cc1)C[C@@H](CCC(C)(C)C)C1C2CCC2(C)C(=O)CCC12.NC=O. The van der Waals surface area contributed by atoms with Gasteiger partial charge in [-0.25, -0.2) is 8.78 Å². The Labute approximate surface area is 322 Å². The van der Waals surface area contributed by atoms with Gasteiger partial charge in [0.1, 0.15) is 23.4 Å². The Morgan fingerprint density at radius 3 is 2.34 bits per heavy atom. The van der Waals surface area contributed by atoms with Gasteiger partial charge in [-0.15, -0.1) is 0 Å². The molecule has 53 heavy (non-hydrogen) atoms. The number of rotatable bonds is 10. The maximum absolute atomic E-state index is 13.1. The van der Waals surface area contributed by atoms with Crippen LogP contribution in [0, 0.1) is 28.6 Å². The summed E-state index contributed by atoms with van der Waals surface area (Å²) in [6.45, 7) is 15.3. The van der Waals surface area contributed by atoms with E-state index < -0.39 is 11.8 Å². The van der Waals surface area contributed by atoms with Gasteiger partial charge < -0.3 is 24.8 Å². The van der Waals surface area contributed by atoms with Crippen LogP contribution in [0.25, 0.3) is 0 Å². The van der Waals surface area contributed by atoms with Crippen LogP contribution in [0.2, 0.25) is 0 Å². The molecule has 2 saturated carbocycles. The molecule has 2 aromatic carbocycles. The zero-order valence-corrected chi connectivity index (χ0v) is 34.0. The predicted molar refractivity (Wildman–Crippen MR) is 213 cm³/mol. The summed E-state index contributed by atoms with van der Waals surface area (Å²) in [6.07, 6.45) is 7.24. The van der Waals surface area contributed by atoms with Gasteiger partial charge in [0.25, 0.3) is 0 Å². The second-order valence-electron chi connectivity index (χ2n) is 17.2. The van der Waals surface area contributed by atoms with Gasteiger partial charge in [-0.3, -0.25) is 9.59 Å². The molecule has 4 aliphatic rings. The summed E-state index contributed by atoms with van der Waals surface area (Å²) >= 11 is 3.90. The number of carbonyl (C=O) groups excluding carboxylic acids is 2. The van der Waals surface area contributed by atoms with Crippen LogP contribution in [0.4, 0.5) is 14.5 Å². The molecule has 0 aromatic heterocycles. The Bertz CT molecular complexity index is 1490. The first-order valence-electron chi connectivity index (χ1n) is 19.5. The van der Waals surface area contributed by atoms with Crippen molar-refractivity contribution in [2.45, 2.75) is 117 Å². The Hall–Kier alpha value is -2.85. The van der Waals surface area contributed by atoms with E-state index >= 15 is 0 Å². The molecule has 1 heterocycles. The van der Waals surface area contributed by atoms with E-state index in [-0.39, 0.29) is 18.2 Å². The topological polar surface area (TPSA) is 91.1 Å². The first kappa shape index (κ1) is 42.9. The number of nitrogens with zero attached hydrogens (tertiary/aromatic N) is 1. The molecule has 1 amide bonds. The van der Waals surface area contributed by atoms with Crippen LogP contribution in [0.3, 0.4) is 0 Å². The summed E-state index contributed by atoms with van der Waals surface area (Å²) in [4.78, 5) is 24.0. The van der Waals surface area contributed by atoms with Gasteiger partial charge in [-0.05, 0) is 148 Å². The molecule has 10 heteroatoms. The number of morpholine rings is 1. The number of amides is 1. The van der Waals surface area contributed by atoms with Crippen LogP contribution in [-0.4, -0.2) is 63.2 Å². The van der Waals surface area contributed by atoms with Gasteiger partial charge in [0.15, 0.2) is 11.5 Å². The summed E-state index contributed by atoms with van der Waals surface area (Å²) in [7, 11) is 1.75. The molecular weight excluding hydrogens is 695 g/mol. The van der Waals surface area contributed by atoms with Crippen molar-refractivity contribution < 1.29 is 32.6 Å². The van der Waals surface area contributed by atoms with Gasteiger partial charge in [0.2, 0.25) is 6.41 Å². The summed E-state index contributed by atoms with van der Waals surface area (Å²) in [5.74, 6) is 5.73. The molecule has 3 fully saturated rings. The van der Waals surface area contributed by atoms with Crippen LogP contribution < -0.4 is 20.1 Å². The van der Waals surface area contributed by atoms with Crippen molar-refractivity contribution in [3.8, 4) is 17.2 Å². The minimum atomic E-state index is -1.69. The number of methoxy groups -OCH3 is 1. The van der Waals surface area contributed by atoms with Crippen molar-refractivity contribution in [1.82, 2.24) is 0 Å². The second-order valence-corrected chi connectivity index (χ2v) is 17.7. The van der Waals surface area contributed by atoms with Crippen LogP contribution >= 0.6 is 12.6 Å². The largest absolute Gasteiger partial charge is 0.493 e. The first-order valence-corrected chi connectivity index (χ1v) is 20.1. The number of nitrogens with two attached hydrogens (primary N) is 1. The van der Waals surface area contributed by atoms with E-state index in [1.54, 1.807) is 7.11 Å². The zero-order valence-electron chi connectivity index (χ0n) is 33.1. The van der Waals surface area contributed by atoms with E-state index in [1.165, 1.54) is 43.5 Å². The van der Waals surface area contributed by atoms with E-state index in [2.05, 4.69) is 87.4 Å². The molecule has 2 N–H and O–H groups in total. The number of hydrogen-bond donors (Lipinski definition) is 2. The van der Waals surface area contributed by atoms with Crippen LogP contribution in [0.15, 0.2) is 36.4 Å². The van der Waals surface area contributed by atoms with Crippen molar-refractivity contribution in [1.29, 1.82) is 0 Å². The molecule has 0 bridgehead atoms. The molecule has 2 aromatic rings. The number of halogens is 2. The predicted octanol–water partition coefficient (Wildman–Crippen LogP) is 9.69. The van der Waals surface area contributed by atoms with E-state index in [1.807, 2.05) is 0 Å². The van der Waals surface area contributed by atoms with Crippen molar-refractivity contribution in [3.63, 3.8) is 0 Å². The van der Waals surface area contributed by atoms with Crippen molar-refractivity contribution >= 4 is 30.5 Å². The molecular formula is C43H64F2N2O5S. The van der Waals surface area contributed by atoms with Gasteiger partial charge in [0.05, 0.1) is 20.3 Å². The fourth-order valence-corrected chi connectivity index (χ4v) is 9.17. The highest BCUT2D eigenvalue weighted by molar-refractivity contribution is 7.80. The monoisotopic (exact) mass is 758 g/mol. The molecule has 0 spiro atoms. The molecule has 5 unspecified atom stereocenters. The third kappa shape index (κ3) is 10.9. The van der Waals surface area contributed by atoms with Gasteiger partial charge in [-0.2, -0.15) is 12.6 Å². The maximum atomic E-state index is 13.1. The Balaban J connectivity index is 0.000000416. The highest BCUT2D eigenvalue weighted by Gasteiger charge is 2.56. The van der Waals surface area contributed by atoms with Crippen molar-refractivity contribution in [2.24, 2.45) is 34.3 Å². The van der Waals surface area contributed by atoms with Gasteiger partial charge in [0, 0.05) is 30.6 Å². The van der Waals surface area contributed by atoms with E-state index in [0.29, 0.717) is 47.0 Å². The lowest BCUT2D eigenvalue weighted by Gasteiger charge is -2.52. The molecule has 296 valence electrons. The Morgan fingerprint density at radius 2 is 1.75 bits per heavy atom. The average molecular weight is 759 g/mol. The number of benzene rings is 2. The number of Topliss-reactive ketones (excluding diaryl/α,β-unsaturated/α-hetero) is 1. The summed E-state index contributed by atoms with van der Waals surface area (Å²) in [5, 5.41) is 0. The fourth-order valence-electron chi connectivity index (χ4n) is 8.99. The van der Waals surface area contributed by atoms with E-state index in [9.17, 15) is 13.6 Å². The Kier molecular flexibility index (Phi) is 15.1. The minimum absolute atomic E-state index is 0.126. The molecule has 6 rings (SSSR count). The molecule has 0 radical (unpaired) electrons. The third-order valence-corrected chi connectivity index (χ3v) is 12.3. The number of primary amides is 1. The standard InChI is InChI=1S/C35H47NO4.C7H14F2S.CH3NO/c1-34(2,3)14-12-23-20-24-21-31(40-26-8-6-25(7-9-26)36-16-18-39-19-17-36)30(38-5)22-28(24)27-13-15-35(4)29(33(23)27)10-11-32(35)37;1-7(2,9)6(8)4-3-5-10;2-1-3/h6-9,21-23,27,29,33H,10-20H2,1-5H3;6,10H,3-5H2,1-2H3;1H,(H2,2,3)/t23-,27?,29?,33?,35?;;/m1../s1. The lowest BCUT2D eigenvalue weighted by Crippen LogP contribution is -2.46. The molecule has 3 aliphatic carbocycles. The summed E-state index contributed by atoms with van der Waals surface area (Å²) in [5.41, 5.74) is 6.71. The lowest BCUT2D eigenvalue weighted by atomic mass is 9.52. The normalized spacial score (nSPS) is 25.7. The van der Waals surface area contributed by atoms with Gasteiger partial charge >= 0.3 is 0 Å². The number of fused-ring (bicyclic) bond motifs is 5. The number of alkyl halides is 2. The minimum Gasteiger partial charge on any atom is -0.493 e. The summed E-state index contributed by atoms with van der Waals surface area (Å²) in [6, 6.07) is 12.9. The molecule has 7 nitrogen and oxygen atoms in total. The van der Waals surface area contributed by atoms with Crippen LogP contribution in [0.1, 0.15) is 110 Å². The number of hydrogen-bond acceptors (Lipinski definition) is 7. The maximum Gasteiger partial charge on any atom is 0.204 e. The van der Waals surface area contributed by atoms with Crippen molar-refractivity contribution in [2.75, 3.05) is 44.1 Å². The smallest absolute Gasteiger partial charge is 0.204 e. The van der Waals surface area contributed by atoms with E-state index in [4.69, 9.17) is 19.0 Å². The molecule has 1 saturated heterocycles. The number of thiol groups is 1. The molecule has 6 atom stereocenters. The lowest BCUT2D eigenvalue weighted by molar-refractivity contribution is -0.130. The molecule has 1 aliphatic heterocycles. The van der Waals surface area contributed by atoms with Crippen LogP contribution in [0.5, 0.6) is 17.2 Å². The fraction of sp³-hybridized carbons (Fsp3) is 0.674. The van der Waals surface area contributed by atoms with Crippen LogP contribution in [-0.2, 0) is 20.7 Å². The highest BCUT2D eigenvalue weighted by atomic mass is 32.1. The summed E-state index contributed by atoms with van der Waals surface area (Å²) < 4.78 is 43.3. The Morgan fingerprint density at radius 1 is 1.09 bits per heavy atom. The van der Waals surface area contributed by atoms with Crippen molar-refractivity contribution in [3.05, 3.63) is 47.5 Å². The first-order chi connectivity index (χ1) is 25.1. The second kappa shape index (κ2) is 18.7. The highest BCUT2D eigenvalue weighted by Crippen LogP contribution is 2.62. The number of ketones is 1. The number of ether oxygens (including phenoxy) is 3. The zero-order chi connectivity index (χ0) is 39.0. The third-order valence-electron chi connectivity index (χ3n) is 12.0. The quantitative estimate of drug-likeness (QED) is 0.185. The number of anilines is 1. The number of carbonyl (C=O) groups is 2. The van der Waals surface area contributed by atoms with Gasteiger partial charge in [-0.1, -0.05) is 27.7 Å². The average Bonchev–Trinajstić information content (AvgIpc) is 3.43.